The molecule has 0 radical (unpaired) electrons. The Morgan fingerprint density at radius 2 is 1.00 bits per heavy atom. The summed E-state index contributed by atoms with van der Waals surface area (Å²) in [4.78, 5) is 0. The summed E-state index contributed by atoms with van der Waals surface area (Å²) in [5.74, 6) is 0. The van der Waals surface area contributed by atoms with E-state index in [0.717, 1.165) is 5.69 Å². The smallest absolute Gasteiger partial charge is 0.0537 e. The normalized spacial score (nSPS) is 11.0. The van der Waals surface area contributed by atoms with Gasteiger partial charge in [-0.2, -0.15) is 0 Å². The van der Waals surface area contributed by atoms with E-state index in [4.69, 9.17) is 0 Å². The van der Waals surface area contributed by atoms with Crippen LogP contribution in [0.1, 0.15) is 50.2 Å². The number of nitrogens with zero attached hydrogens (tertiary/aromatic N) is 2. The quantitative estimate of drug-likeness (QED) is 0.146. The number of aromatic nitrogens is 2. The van der Waals surface area contributed by atoms with Crippen LogP contribution in [0.5, 0.6) is 0 Å². The number of aryl methyl sites for hydroxylation is 2. The minimum Gasteiger partial charge on any atom is -0.314 e. The summed E-state index contributed by atoms with van der Waals surface area (Å²) in [5.41, 5.74) is 12.3. The predicted octanol–water partition coefficient (Wildman–Crippen LogP) is 12.0. The minimum atomic E-state index is 1.15. The lowest BCUT2D eigenvalue weighted by Gasteiger charge is -2.12. The maximum absolute atomic E-state index is 3.86. The fourth-order valence-corrected chi connectivity index (χ4v) is 5.53. The lowest BCUT2D eigenvalue weighted by atomic mass is 10.0. The Morgan fingerprint density at radius 3 is 1.49 bits per heavy atom. The monoisotopic (exact) mass is 564 g/mol. The maximum Gasteiger partial charge on any atom is 0.0537 e. The lowest BCUT2D eigenvalue weighted by molar-refractivity contribution is 1.04. The summed E-state index contributed by atoms with van der Waals surface area (Å²) in [6, 6.07) is 35.0. The average molecular weight is 565 g/mol. The summed E-state index contributed by atoms with van der Waals surface area (Å²) in [5, 5.41) is 2.59. The van der Waals surface area contributed by atoms with Crippen molar-refractivity contribution in [2.45, 2.75) is 48.5 Å². The molecular weight excluding hydrogens is 520 g/mol. The highest BCUT2D eigenvalue weighted by atomic mass is 15.0. The number of para-hydroxylation sites is 2. The first-order chi connectivity index (χ1) is 21.0. The molecule has 0 atom stereocenters. The second-order valence-electron chi connectivity index (χ2n) is 10.3. The second kappa shape index (κ2) is 14.4. The van der Waals surface area contributed by atoms with Gasteiger partial charge >= 0.3 is 0 Å². The van der Waals surface area contributed by atoms with Gasteiger partial charge in [-0.05, 0) is 99.3 Å². The van der Waals surface area contributed by atoms with Crippen molar-refractivity contribution in [3.05, 3.63) is 150 Å². The summed E-state index contributed by atoms with van der Waals surface area (Å²) in [6.07, 6.45) is 9.97. The largest absolute Gasteiger partial charge is 0.314 e. The van der Waals surface area contributed by atoms with Gasteiger partial charge in [0.25, 0.3) is 0 Å². The first-order valence-corrected chi connectivity index (χ1v) is 15.2. The van der Waals surface area contributed by atoms with Gasteiger partial charge in [0.15, 0.2) is 0 Å². The van der Waals surface area contributed by atoms with Crippen LogP contribution < -0.4 is 0 Å². The van der Waals surface area contributed by atoms with Crippen molar-refractivity contribution in [1.29, 1.82) is 0 Å². The molecule has 6 aromatic rings. The molecule has 218 valence electrons. The molecule has 0 amide bonds. The number of benzene rings is 4. The standard InChI is InChI=1S/C35H30N2.C4H8.C2H6/c1-5-6-13-33-25(3)32-12-8-10-15-35(32)37(33)30-22-18-28(19-23-30)27-16-20-29(21-17-27)36-26(4)24(2)31-11-7-9-14-34(31)36;1-3-4-2;1-2/h5-23H,1H2,2-4H3;3-4H,1-2H3;1-2H3/b13-6-;4-3-;. The Kier molecular flexibility index (Phi) is 10.4. The molecule has 0 aliphatic rings. The van der Waals surface area contributed by atoms with Gasteiger partial charge in [0, 0.05) is 33.5 Å². The van der Waals surface area contributed by atoms with Gasteiger partial charge in [-0.25, -0.2) is 0 Å². The Hall–Kier alpha value is -4.82. The highest BCUT2D eigenvalue weighted by Gasteiger charge is 2.14. The van der Waals surface area contributed by atoms with Gasteiger partial charge in [0.2, 0.25) is 0 Å². The molecule has 0 spiro atoms. The molecule has 0 aliphatic heterocycles. The molecule has 0 unspecified atom stereocenters. The van der Waals surface area contributed by atoms with Crippen molar-refractivity contribution >= 4 is 27.9 Å². The first kappa shape index (κ1) is 31.1. The predicted molar refractivity (Wildman–Crippen MR) is 191 cm³/mol. The molecule has 0 bridgehead atoms. The Bertz CT molecular complexity index is 1870. The summed E-state index contributed by atoms with van der Waals surface area (Å²) >= 11 is 0. The third-order valence-corrected chi connectivity index (χ3v) is 7.91. The number of allylic oxidation sites excluding steroid dienone is 4. The van der Waals surface area contributed by atoms with E-state index in [1.54, 1.807) is 0 Å². The zero-order chi connectivity index (χ0) is 30.9. The maximum atomic E-state index is 3.86. The highest BCUT2D eigenvalue weighted by molar-refractivity contribution is 5.90. The molecule has 0 fully saturated rings. The van der Waals surface area contributed by atoms with E-state index < -0.39 is 0 Å². The minimum absolute atomic E-state index is 1.15. The van der Waals surface area contributed by atoms with Crippen LogP contribution in [0.2, 0.25) is 0 Å². The molecule has 0 aliphatic carbocycles. The molecular formula is C41H44N2. The highest BCUT2D eigenvalue weighted by Crippen LogP contribution is 2.32. The number of hydrogen-bond acceptors (Lipinski definition) is 0. The zero-order valence-electron chi connectivity index (χ0n) is 26.7. The van der Waals surface area contributed by atoms with Crippen LogP contribution in [0.15, 0.2) is 128 Å². The molecule has 2 aromatic heterocycles. The molecule has 2 heterocycles. The van der Waals surface area contributed by atoms with E-state index in [2.05, 4.69) is 140 Å². The molecule has 4 aromatic carbocycles. The van der Waals surface area contributed by atoms with Crippen molar-refractivity contribution in [3.63, 3.8) is 0 Å². The zero-order valence-corrected chi connectivity index (χ0v) is 26.7. The van der Waals surface area contributed by atoms with E-state index in [9.17, 15) is 0 Å². The first-order valence-electron chi connectivity index (χ1n) is 15.2. The fourth-order valence-electron chi connectivity index (χ4n) is 5.53. The van der Waals surface area contributed by atoms with E-state index in [1.807, 2.05) is 52.0 Å². The van der Waals surface area contributed by atoms with Crippen LogP contribution in [0.25, 0.3) is 50.4 Å². The van der Waals surface area contributed by atoms with E-state index in [1.165, 1.54) is 61.1 Å². The third-order valence-electron chi connectivity index (χ3n) is 7.91. The Labute approximate surface area is 257 Å². The van der Waals surface area contributed by atoms with Crippen LogP contribution in [-0.4, -0.2) is 9.13 Å². The van der Waals surface area contributed by atoms with Gasteiger partial charge < -0.3 is 9.13 Å². The van der Waals surface area contributed by atoms with Crippen molar-refractivity contribution in [2.24, 2.45) is 0 Å². The molecule has 2 heteroatoms. The average Bonchev–Trinajstić information content (AvgIpc) is 3.50. The van der Waals surface area contributed by atoms with Gasteiger partial charge in [-0.1, -0.05) is 105 Å². The molecule has 0 N–H and O–H groups in total. The molecule has 0 saturated heterocycles. The van der Waals surface area contributed by atoms with Crippen molar-refractivity contribution in [1.82, 2.24) is 9.13 Å². The van der Waals surface area contributed by atoms with Gasteiger partial charge in [-0.3, -0.25) is 0 Å². The summed E-state index contributed by atoms with van der Waals surface area (Å²) < 4.78 is 4.69. The Morgan fingerprint density at radius 1 is 0.558 bits per heavy atom. The second-order valence-corrected chi connectivity index (χ2v) is 10.3. The number of fused-ring (bicyclic) bond motifs is 2. The van der Waals surface area contributed by atoms with Gasteiger partial charge in [0.05, 0.1) is 11.0 Å². The van der Waals surface area contributed by atoms with E-state index in [0.29, 0.717) is 0 Å². The van der Waals surface area contributed by atoms with Crippen molar-refractivity contribution in [2.75, 3.05) is 0 Å². The topological polar surface area (TPSA) is 9.86 Å². The van der Waals surface area contributed by atoms with Crippen LogP contribution in [0.3, 0.4) is 0 Å². The molecule has 0 saturated carbocycles. The van der Waals surface area contributed by atoms with Crippen LogP contribution in [0, 0.1) is 20.8 Å². The van der Waals surface area contributed by atoms with Crippen molar-refractivity contribution in [3.8, 4) is 22.5 Å². The molecule has 6 rings (SSSR count). The van der Waals surface area contributed by atoms with Crippen LogP contribution in [0.4, 0.5) is 0 Å². The third kappa shape index (κ3) is 6.20. The number of hydrogen-bond donors (Lipinski definition) is 0. The SMILES string of the molecule is C/C=C\C.C=C/C=C\c1c(C)c2ccccc2n1-c1ccc(-c2ccc(-n3c(C)c(C)c4ccccc43)cc2)cc1.CC. The van der Waals surface area contributed by atoms with Crippen LogP contribution >= 0.6 is 0 Å². The Balaban J connectivity index is 0.000000653. The van der Waals surface area contributed by atoms with Gasteiger partial charge in [0.1, 0.15) is 0 Å². The van der Waals surface area contributed by atoms with Gasteiger partial charge in [-0.15, -0.1) is 0 Å². The molecule has 2 nitrogen and oxygen atoms in total. The molecule has 43 heavy (non-hydrogen) atoms. The summed E-state index contributed by atoms with van der Waals surface area (Å²) in [7, 11) is 0. The lowest BCUT2D eigenvalue weighted by Crippen LogP contribution is -1.97. The summed E-state index contributed by atoms with van der Waals surface area (Å²) in [6.45, 7) is 18.5. The van der Waals surface area contributed by atoms with E-state index in [-0.39, 0.29) is 0 Å². The van der Waals surface area contributed by atoms with E-state index >= 15 is 0 Å². The number of rotatable bonds is 5. The van der Waals surface area contributed by atoms with Crippen LogP contribution in [-0.2, 0) is 0 Å². The fraction of sp³-hybridized carbons (Fsp3) is 0.171. The van der Waals surface area contributed by atoms with Crippen molar-refractivity contribution < 1.29 is 0 Å².